The zero-order valence-electron chi connectivity index (χ0n) is 8.91. The van der Waals surface area contributed by atoms with Crippen LogP contribution < -0.4 is 0 Å². The molecule has 2 nitrogen and oxygen atoms in total. The molecule has 1 fully saturated rings. The molecular formula is C11H13ClN2S2. The fourth-order valence-electron chi connectivity index (χ4n) is 2.12. The molecule has 3 rings (SSSR count). The molecule has 3 heterocycles. The van der Waals surface area contributed by atoms with Crippen LogP contribution in [-0.4, -0.2) is 15.7 Å². The van der Waals surface area contributed by atoms with Crippen molar-refractivity contribution in [3.63, 3.8) is 0 Å². The largest absolute Gasteiger partial charge is 0.235 e. The molecule has 0 aromatic carbocycles. The SMILES string of the molecule is Clc1nc(C2CCCCS2)nc2c1CSC2. The summed E-state index contributed by atoms with van der Waals surface area (Å²) < 4.78 is 0. The van der Waals surface area contributed by atoms with E-state index >= 15 is 0 Å². The molecule has 86 valence electrons. The van der Waals surface area contributed by atoms with Crippen LogP contribution in [0.5, 0.6) is 0 Å². The second-order valence-corrected chi connectivity index (χ2v) is 6.80. The smallest absolute Gasteiger partial charge is 0.143 e. The van der Waals surface area contributed by atoms with Crippen LogP contribution in [0.4, 0.5) is 0 Å². The van der Waals surface area contributed by atoms with Gasteiger partial charge in [-0.3, -0.25) is 0 Å². The van der Waals surface area contributed by atoms with Gasteiger partial charge in [0.2, 0.25) is 0 Å². The van der Waals surface area contributed by atoms with Gasteiger partial charge in [-0.05, 0) is 18.6 Å². The van der Waals surface area contributed by atoms with Crippen molar-refractivity contribution in [2.75, 3.05) is 5.75 Å². The van der Waals surface area contributed by atoms with Crippen molar-refractivity contribution >= 4 is 35.1 Å². The Balaban J connectivity index is 1.92. The number of fused-ring (bicyclic) bond motifs is 1. The van der Waals surface area contributed by atoms with Gasteiger partial charge in [-0.25, -0.2) is 9.97 Å². The van der Waals surface area contributed by atoms with Crippen molar-refractivity contribution in [3.8, 4) is 0 Å². The summed E-state index contributed by atoms with van der Waals surface area (Å²) in [5.74, 6) is 4.18. The van der Waals surface area contributed by atoms with Crippen molar-refractivity contribution in [2.45, 2.75) is 36.0 Å². The van der Waals surface area contributed by atoms with E-state index in [1.54, 1.807) is 0 Å². The lowest BCUT2D eigenvalue weighted by atomic mass is 10.1. The van der Waals surface area contributed by atoms with Crippen LogP contribution in [0.1, 0.15) is 41.6 Å². The molecule has 1 unspecified atom stereocenters. The lowest BCUT2D eigenvalue weighted by molar-refractivity contribution is 0.659. The highest BCUT2D eigenvalue weighted by Gasteiger charge is 2.24. The van der Waals surface area contributed by atoms with Crippen LogP contribution in [0.3, 0.4) is 0 Å². The molecule has 1 aromatic heterocycles. The molecule has 1 aromatic rings. The van der Waals surface area contributed by atoms with E-state index in [-0.39, 0.29) is 0 Å². The summed E-state index contributed by atoms with van der Waals surface area (Å²) in [6, 6.07) is 0. The van der Waals surface area contributed by atoms with Crippen molar-refractivity contribution in [1.29, 1.82) is 0 Å². The van der Waals surface area contributed by atoms with Gasteiger partial charge in [0.05, 0.1) is 10.9 Å². The van der Waals surface area contributed by atoms with Crippen molar-refractivity contribution in [2.24, 2.45) is 0 Å². The van der Waals surface area contributed by atoms with Gasteiger partial charge in [-0.15, -0.1) is 0 Å². The molecule has 2 aliphatic rings. The summed E-state index contributed by atoms with van der Waals surface area (Å²) in [6.45, 7) is 0. The van der Waals surface area contributed by atoms with Gasteiger partial charge in [0.1, 0.15) is 11.0 Å². The first-order chi connectivity index (χ1) is 7.84. The van der Waals surface area contributed by atoms with Gasteiger partial charge < -0.3 is 0 Å². The monoisotopic (exact) mass is 272 g/mol. The normalized spacial score (nSPS) is 24.4. The molecule has 0 N–H and O–H groups in total. The van der Waals surface area contributed by atoms with Crippen LogP contribution >= 0.6 is 35.1 Å². The summed E-state index contributed by atoms with van der Waals surface area (Å²) in [5, 5.41) is 1.17. The van der Waals surface area contributed by atoms with E-state index < -0.39 is 0 Å². The van der Waals surface area contributed by atoms with Crippen LogP contribution in [0.2, 0.25) is 5.15 Å². The Labute approximate surface area is 109 Å². The fourth-order valence-corrected chi connectivity index (χ4v) is 4.74. The van der Waals surface area contributed by atoms with E-state index in [2.05, 4.69) is 4.98 Å². The molecule has 0 bridgehead atoms. The van der Waals surface area contributed by atoms with E-state index in [1.807, 2.05) is 23.5 Å². The van der Waals surface area contributed by atoms with Gasteiger partial charge in [-0.2, -0.15) is 23.5 Å². The number of hydrogen-bond donors (Lipinski definition) is 0. The van der Waals surface area contributed by atoms with Crippen molar-refractivity contribution in [1.82, 2.24) is 9.97 Å². The summed E-state index contributed by atoms with van der Waals surface area (Å²) in [5.41, 5.74) is 2.34. The first-order valence-electron chi connectivity index (χ1n) is 5.59. The number of thioether (sulfide) groups is 2. The summed E-state index contributed by atoms with van der Waals surface area (Å²) in [7, 11) is 0. The maximum atomic E-state index is 6.22. The standard InChI is InChI=1S/C11H13ClN2S2/c12-10-7-5-15-6-8(7)13-11(14-10)9-3-1-2-4-16-9/h9H,1-6H2. The van der Waals surface area contributed by atoms with E-state index in [0.717, 1.165) is 22.9 Å². The highest BCUT2D eigenvalue weighted by atomic mass is 35.5. The lowest BCUT2D eigenvalue weighted by Gasteiger charge is -2.20. The van der Waals surface area contributed by atoms with Crippen LogP contribution in [0.25, 0.3) is 0 Å². The third-order valence-electron chi connectivity index (χ3n) is 3.01. The predicted molar refractivity (Wildman–Crippen MR) is 71.1 cm³/mol. The van der Waals surface area contributed by atoms with Gasteiger partial charge >= 0.3 is 0 Å². The molecular weight excluding hydrogens is 260 g/mol. The molecule has 5 heteroatoms. The van der Waals surface area contributed by atoms with Crippen molar-refractivity contribution < 1.29 is 0 Å². The lowest BCUT2D eigenvalue weighted by Crippen LogP contribution is -2.09. The molecule has 1 atom stereocenters. The molecule has 16 heavy (non-hydrogen) atoms. The Morgan fingerprint density at radius 2 is 2.12 bits per heavy atom. The highest BCUT2D eigenvalue weighted by Crippen LogP contribution is 2.39. The van der Waals surface area contributed by atoms with Crippen LogP contribution in [-0.2, 0) is 11.5 Å². The van der Waals surface area contributed by atoms with E-state index in [9.17, 15) is 0 Å². The number of nitrogens with zero attached hydrogens (tertiary/aromatic N) is 2. The summed E-state index contributed by atoms with van der Waals surface area (Å²) in [4.78, 5) is 9.19. The fraction of sp³-hybridized carbons (Fsp3) is 0.636. The zero-order valence-corrected chi connectivity index (χ0v) is 11.3. The Kier molecular flexibility index (Phi) is 3.32. The molecule has 0 aliphatic carbocycles. The Hall–Kier alpha value is 0.0700. The minimum Gasteiger partial charge on any atom is -0.235 e. The second-order valence-electron chi connectivity index (χ2n) is 4.15. The Morgan fingerprint density at radius 3 is 2.94 bits per heavy atom. The minimum absolute atomic E-state index is 0.474. The summed E-state index contributed by atoms with van der Waals surface area (Å²) in [6.07, 6.45) is 3.83. The van der Waals surface area contributed by atoms with Gasteiger partial charge in [0.15, 0.2) is 0 Å². The number of halogens is 1. The maximum Gasteiger partial charge on any atom is 0.143 e. The average molecular weight is 273 g/mol. The molecule has 1 saturated heterocycles. The van der Waals surface area contributed by atoms with Gasteiger partial charge in [-0.1, -0.05) is 18.0 Å². The number of aromatic nitrogens is 2. The van der Waals surface area contributed by atoms with Crippen LogP contribution in [0, 0.1) is 0 Å². The molecule has 2 aliphatic heterocycles. The number of hydrogen-bond acceptors (Lipinski definition) is 4. The third kappa shape index (κ3) is 2.07. The quantitative estimate of drug-likeness (QED) is 0.726. The molecule has 0 saturated carbocycles. The predicted octanol–water partition coefficient (Wildman–Crippen LogP) is 3.84. The Morgan fingerprint density at radius 1 is 1.19 bits per heavy atom. The molecule has 0 spiro atoms. The highest BCUT2D eigenvalue weighted by molar-refractivity contribution is 7.99. The third-order valence-corrected chi connectivity index (χ3v) is 5.67. The van der Waals surface area contributed by atoms with Gasteiger partial charge in [0, 0.05) is 17.1 Å². The first kappa shape index (κ1) is 11.2. The summed E-state index contributed by atoms with van der Waals surface area (Å²) >= 11 is 10.1. The Bertz CT molecular complexity index is 405. The van der Waals surface area contributed by atoms with Crippen LogP contribution in [0.15, 0.2) is 0 Å². The number of rotatable bonds is 1. The minimum atomic E-state index is 0.474. The maximum absolute atomic E-state index is 6.22. The zero-order chi connectivity index (χ0) is 11.0. The van der Waals surface area contributed by atoms with E-state index in [0.29, 0.717) is 10.4 Å². The molecule has 0 radical (unpaired) electrons. The van der Waals surface area contributed by atoms with E-state index in [4.69, 9.17) is 16.6 Å². The second kappa shape index (κ2) is 4.75. The topological polar surface area (TPSA) is 25.8 Å². The average Bonchev–Trinajstić information content (AvgIpc) is 2.79. The van der Waals surface area contributed by atoms with Gasteiger partial charge in [0.25, 0.3) is 0 Å². The van der Waals surface area contributed by atoms with E-state index in [1.165, 1.54) is 30.7 Å². The molecule has 0 amide bonds. The first-order valence-corrected chi connectivity index (χ1v) is 8.17. The van der Waals surface area contributed by atoms with Crippen molar-refractivity contribution in [3.05, 3.63) is 22.2 Å².